The molecule has 3 fully saturated rings. The Morgan fingerprint density at radius 2 is 1.60 bits per heavy atom. The van der Waals surface area contributed by atoms with Gasteiger partial charge in [0.15, 0.2) is 30.2 Å². The second kappa shape index (κ2) is 15.5. The van der Waals surface area contributed by atoms with Crippen molar-refractivity contribution in [1.29, 1.82) is 0 Å². The summed E-state index contributed by atoms with van der Waals surface area (Å²) in [7, 11) is 0. The van der Waals surface area contributed by atoms with Gasteiger partial charge < -0.3 is 48.1 Å². The number of ether oxygens (including phenoxy) is 8. The lowest BCUT2D eigenvalue weighted by molar-refractivity contribution is -0.377. The van der Waals surface area contributed by atoms with Gasteiger partial charge in [0, 0.05) is 45.9 Å². The van der Waals surface area contributed by atoms with Crippen LogP contribution in [0.15, 0.2) is 30.0 Å². The molecule has 1 aromatic heterocycles. The van der Waals surface area contributed by atoms with Crippen LogP contribution in [0.5, 0.6) is 0 Å². The molecule has 11 atom stereocenters. The van der Waals surface area contributed by atoms with E-state index < -0.39 is 131 Å². The van der Waals surface area contributed by atoms with E-state index in [-0.39, 0.29) is 23.3 Å². The van der Waals surface area contributed by atoms with Crippen LogP contribution >= 0.6 is 0 Å². The number of aromatic nitrogens is 1. The topological polar surface area (TPSA) is 264 Å². The smallest absolute Gasteiger partial charge is 0.350 e. The number of pyridine rings is 1. The molecule has 2 N–H and O–H groups in total. The maximum absolute atomic E-state index is 15.0. The van der Waals surface area contributed by atoms with E-state index in [1.165, 1.54) is 52.1 Å². The summed E-state index contributed by atoms with van der Waals surface area (Å²) >= 11 is 0. The number of hydrogen-bond acceptors (Lipinski definition) is 19. The predicted molar refractivity (Wildman–Crippen MR) is 190 cm³/mol. The third-order valence-electron chi connectivity index (χ3n) is 11.5. The first-order valence-corrected chi connectivity index (χ1v) is 18.4. The third kappa shape index (κ3) is 6.91. The average molecular weight is 818 g/mol. The highest BCUT2D eigenvalue weighted by molar-refractivity contribution is 5.94. The fourth-order valence-electron chi connectivity index (χ4n) is 8.86. The number of esters is 7. The second-order valence-electron chi connectivity index (χ2n) is 15.5. The third-order valence-corrected chi connectivity index (χ3v) is 11.5. The molecule has 1 spiro atoms. The summed E-state index contributed by atoms with van der Waals surface area (Å²) < 4.78 is 47.0. The molecule has 5 rings (SSSR count). The SMILES string of the molecule is C/C=C(\C)C(=O)O[C@@H]1[C@H](OC(C)=O)[C@@]2(COC(C)=O)[C@H](OC(C)=O)C(=O)[C@@H]3[C@@H](O)[C@@]24O[C@@]3(C)COC(=O)c2cccnc2CC[C@@](C)(OC(C)=O)C(=O)O[C@@H]1[C@]4(C)O. The molecule has 0 radical (unpaired) electrons. The van der Waals surface area contributed by atoms with E-state index in [1.54, 1.807) is 0 Å². The van der Waals surface area contributed by atoms with E-state index in [4.69, 9.17) is 37.9 Å². The molecule has 19 nitrogen and oxygen atoms in total. The van der Waals surface area contributed by atoms with E-state index >= 15 is 0 Å². The molecule has 0 unspecified atom stereocenters. The van der Waals surface area contributed by atoms with Crippen LogP contribution in [-0.2, 0) is 77.9 Å². The number of ketones is 1. The van der Waals surface area contributed by atoms with Gasteiger partial charge in [-0.25, -0.2) is 14.4 Å². The summed E-state index contributed by atoms with van der Waals surface area (Å²) in [4.78, 5) is 113. The number of carbonyl (C=O) groups excluding carboxylic acids is 8. The fraction of sp³-hybridized carbons (Fsp3) is 0.615. The first-order valence-electron chi connectivity index (χ1n) is 18.4. The molecule has 4 aliphatic rings. The van der Waals surface area contributed by atoms with Crippen LogP contribution in [0.4, 0.5) is 0 Å². The van der Waals surface area contributed by atoms with Gasteiger partial charge in [-0.05, 0) is 53.2 Å². The minimum Gasteiger partial charge on any atom is -0.465 e. The van der Waals surface area contributed by atoms with E-state index in [9.17, 15) is 48.6 Å². The van der Waals surface area contributed by atoms with Crippen molar-refractivity contribution in [3.63, 3.8) is 0 Å². The Bertz CT molecular complexity index is 1960. The van der Waals surface area contributed by atoms with Gasteiger partial charge in [-0.15, -0.1) is 0 Å². The first-order chi connectivity index (χ1) is 26.9. The van der Waals surface area contributed by atoms with E-state index in [0.717, 1.165) is 34.6 Å². The molecular weight excluding hydrogens is 770 g/mol. The summed E-state index contributed by atoms with van der Waals surface area (Å²) in [5, 5.41) is 25.9. The summed E-state index contributed by atoms with van der Waals surface area (Å²) in [5.74, 6) is -10.7. The van der Waals surface area contributed by atoms with Crippen molar-refractivity contribution in [3.05, 3.63) is 41.2 Å². The Kier molecular flexibility index (Phi) is 11.7. The molecule has 3 heterocycles. The molecular formula is C39H47NO18. The van der Waals surface area contributed by atoms with Crippen molar-refractivity contribution in [2.45, 2.75) is 128 Å². The lowest BCUT2D eigenvalue weighted by Gasteiger charge is -2.66. The number of nitrogens with zero attached hydrogens (tertiary/aromatic N) is 1. The van der Waals surface area contributed by atoms with Crippen LogP contribution in [-0.4, -0.2) is 129 Å². The normalized spacial score (nSPS) is 37.2. The molecule has 2 aliphatic heterocycles. The Labute approximate surface area is 332 Å². The van der Waals surface area contributed by atoms with Crippen LogP contribution in [0.2, 0.25) is 0 Å². The number of rotatable bonds is 7. The van der Waals surface area contributed by atoms with Gasteiger partial charge in [-0.3, -0.25) is 29.0 Å². The number of fused-ring (bicyclic) bond motifs is 5. The second-order valence-corrected chi connectivity index (χ2v) is 15.5. The zero-order chi connectivity index (χ0) is 43.3. The van der Waals surface area contributed by atoms with Crippen molar-refractivity contribution in [1.82, 2.24) is 4.98 Å². The van der Waals surface area contributed by atoms with Crippen molar-refractivity contribution >= 4 is 47.6 Å². The summed E-state index contributed by atoms with van der Waals surface area (Å²) in [5.41, 5.74) is -13.1. The van der Waals surface area contributed by atoms with Crippen LogP contribution in [0, 0.1) is 11.3 Å². The maximum Gasteiger partial charge on any atom is 0.350 e. The Hall–Kier alpha value is -5.27. The minimum absolute atomic E-state index is 0.0437. The number of carbonyl (C=O) groups is 8. The van der Waals surface area contributed by atoms with Gasteiger partial charge in [-0.2, -0.15) is 0 Å². The Balaban J connectivity index is 1.94. The number of Topliss-reactive ketones (excluding diaryl/α,β-unsaturated/α-hetero) is 1. The van der Waals surface area contributed by atoms with Gasteiger partial charge in [-0.1, -0.05) is 6.08 Å². The predicted octanol–water partition coefficient (Wildman–Crippen LogP) is 0.561. The Morgan fingerprint density at radius 3 is 2.19 bits per heavy atom. The number of aliphatic hydroxyl groups excluding tert-OH is 1. The monoisotopic (exact) mass is 817 g/mol. The number of hydrogen-bond donors (Lipinski definition) is 2. The number of allylic oxidation sites excluding steroid dienone is 1. The van der Waals surface area contributed by atoms with Crippen LogP contribution in [0.25, 0.3) is 0 Å². The molecule has 2 aliphatic carbocycles. The number of aryl methyl sites for hydroxylation is 1. The Morgan fingerprint density at radius 1 is 0.948 bits per heavy atom. The summed E-state index contributed by atoms with van der Waals surface area (Å²) in [6, 6.07) is 2.80. The van der Waals surface area contributed by atoms with Crippen molar-refractivity contribution in [2.24, 2.45) is 11.3 Å². The lowest BCUT2D eigenvalue weighted by atomic mass is 9.45. The van der Waals surface area contributed by atoms with Gasteiger partial charge in [0.2, 0.25) is 5.60 Å². The standard InChI is InChI=1S/C39H47NO18/c1-10-18(2)32(47)55-27-30-37(9,50)39-28(46)25(26(45)29(53-20(4)42)38(39,17-51-19(3)41)31(27)54-21(5)43)36(8,58-39)16-52-33(48)23-12-11-15-40-24(23)13-14-35(7,34(49)56-30)57-22(6)44/h10-12,15,25,27-31,46,50H,13-14,16-17H2,1-9H3/b18-10+/t25-,27+,28-,29-,30+,31+,35-,36+,37+,38-,39+/m1/s1. The zero-order valence-electron chi connectivity index (χ0n) is 33.5. The zero-order valence-corrected chi connectivity index (χ0v) is 33.5. The molecule has 1 saturated heterocycles. The molecule has 0 amide bonds. The van der Waals surface area contributed by atoms with Gasteiger partial charge in [0.05, 0.1) is 23.3 Å². The summed E-state index contributed by atoms with van der Waals surface area (Å²) in [6.45, 7) is 8.11. The van der Waals surface area contributed by atoms with Crippen molar-refractivity contribution < 1.29 is 86.5 Å². The van der Waals surface area contributed by atoms with Crippen LogP contribution in [0.1, 0.15) is 84.8 Å². The largest absolute Gasteiger partial charge is 0.465 e. The van der Waals surface area contributed by atoms with Crippen LogP contribution < -0.4 is 0 Å². The number of cyclic esters (lactones) is 1. The highest BCUT2D eigenvalue weighted by atomic mass is 16.7. The van der Waals surface area contributed by atoms with E-state index in [0.29, 0.717) is 0 Å². The lowest BCUT2D eigenvalue weighted by Crippen LogP contribution is -2.88. The van der Waals surface area contributed by atoms with E-state index in [1.807, 2.05) is 0 Å². The molecule has 316 valence electrons. The van der Waals surface area contributed by atoms with Gasteiger partial charge in [0.1, 0.15) is 35.4 Å². The maximum atomic E-state index is 15.0. The molecule has 4 bridgehead atoms. The molecule has 1 aromatic rings. The van der Waals surface area contributed by atoms with Crippen LogP contribution in [0.3, 0.4) is 0 Å². The number of aliphatic hydroxyl groups is 2. The van der Waals surface area contributed by atoms with Crippen molar-refractivity contribution in [3.8, 4) is 0 Å². The molecule has 58 heavy (non-hydrogen) atoms. The highest BCUT2D eigenvalue weighted by Gasteiger charge is 2.90. The van der Waals surface area contributed by atoms with Gasteiger partial charge in [0.25, 0.3) is 0 Å². The molecule has 0 aromatic carbocycles. The fourth-order valence-corrected chi connectivity index (χ4v) is 8.86. The average Bonchev–Trinajstić information content (AvgIpc) is 3.34. The highest BCUT2D eigenvalue weighted by Crippen LogP contribution is 2.68. The molecule has 2 saturated carbocycles. The quantitative estimate of drug-likeness (QED) is 0.216. The van der Waals surface area contributed by atoms with E-state index in [2.05, 4.69) is 4.98 Å². The molecule has 19 heteroatoms. The minimum atomic E-state index is -2.96. The first kappa shape index (κ1) is 43.8. The van der Waals surface area contributed by atoms with Gasteiger partial charge >= 0.3 is 41.8 Å². The van der Waals surface area contributed by atoms with Crippen molar-refractivity contribution in [2.75, 3.05) is 13.2 Å². The summed E-state index contributed by atoms with van der Waals surface area (Å²) in [6.07, 6.45) is -9.12.